The van der Waals surface area contributed by atoms with Gasteiger partial charge in [-0.1, -0.05) is 0 Å². The maximum absolute atomic E-state index is 5.82. The molecule has 1 aliphatic rings. The van der Waals surface area contributed by atoms with Gasteiger partial charge >= 0.3 is 0 Å². The van der Waals surface area contributed by atoms with E-state index in [4.69, 9.17) is 19.9 Å². The van der Waals surface area contributed by atoms with Gasteiger partial charge in [-0.15, -0.1) is 0 Å². The van der Waals surface area contributed by atoms with Gasteiger partial charge in [0, 0.05) is 24.2 Å². The second-order valence-corrected chi connectivity index (χ2v) is 4.35. The Hall–Kier alpha value is -2.21. The molecule has 2 aromatic rings. The lowest BCUT2D eigenvalue weighted by Crippen LogP contribution is -2.11. The molecule has 0 aliphatic carbocycles. The van der Waals surface area contributed by atoms with Gasteiger partial charge in [0.1, 0.15) is 17.3 Å². The molecule has 100 valence electrons. The minimum atomic E-state index is 0.267. The third-order valence-corrected chi connectivity index (χ3v) is 3.13. The first-order valence-electron chi connectivity index (χ1n) is 5.90. The van der Waals surface area contributed by atoms with Gasteiger partial charge in [-0.2, -0.15) is 5.10 Å². The van der Waals surface area contributed by atoms with Crippen LogP contribution in [0.15, 0.2) is 18.2 Å². The summed E-state index contributed by atoms with van der Waals surface area (Å²) in [5.74, 6) is 2.12. The zero-order valence-electron chi connectivity index (χ0n) is 10.8. The number of nitrogens with two attached hydrogens (primary N) is 1. The van der Waals surface area contributed by atoms with E-state index in [9.17, 15) is 0 Å². The number of aryl methyl sites for hydroxylation is 1. The molecule has 2 N–H and O–H groups in total. The fourth-order valence-corrected chi connectivity index (χ4v) is 2.09. The largest absolute Gasteiger partial charge is 0.496 e. The number of nitrogen functional groups attached to an aromatic ring is 1. The summed E-state index contributed by atoms with van der Waals surface area (Å²) >= 11 is 0. The first-order chi connectivity index (χ1) is 9.19. The van der Waals surface area contributed by atoms with Crippen molar-refractivity contribution in [2.75, 3.05) is 19.6 Å². The summed E-state index contributed by atoms with van der Waals surface area (Å²) in [5, 5.41) is 4.36. The maximum atomic E-state index is 5.82. The summed E-state index contributed by atoms with van der Waals surface area (Å²) in [6.07, 6.45) is 0. The lowest BCUT2D eigenvalue weighted by Gasteiger charge is -2.19. The highest BCUT2D eigenvalue weighted by Crippen LogP contribution is 2.37. The van der Waals surface area contributed by atoms with E-state index >= 15 is 0 Å². The van der Waals surface area contributed by atoms with Crippen LogP contribution in [0.3, 0.4) is 0 Å². The predicted octanol–water partition coefficient (Wildman–Crippen LogP) is 1.54. The molecule has 3 rings (SSSR count). The average molecular weight is 261 g/mol. The van der Waals surface area contributed by atoms with E-state index in [2.05, 4.69) is 5.10 Å². The van der Waals surface area contributed by atoms with Crippen LogP contribution in [0, 0.1) is 0 Å². The Labute approximate surface area is 110 Å². The fourth-order valence-electron chi connectivity index (χ4n) is 2.09. The molecule has 19 heavy (non-hydrogen) atoms. The molecule has 1 aromatic heterocycles. The lowest BCUT2D eigenvalue weighted by molar-refractivity contribution is -0.0164. The molecule has 0 fully saturated rings. The molecule has 0 saturated heterocycles. The highest BCUT2D eigenvalue weighted by molar-refractivity contribution is 5.72. The molecular formula is C13H15N3O3. The third kappa shape index (κ3) is 2.00. The van der Waals surface area contributed by atoms with Gasteiger partial charge in [0.25, 0.3) is 0 Å². The second-order valence-electron chi connectivity index (χ2n) is 4.35. The van der Waals surface area contributed by atoms with Crippen molar-refractivity contribution in [1.82, 2.24) is 9.78 Å². The Kier molecular flexibility index (Phi) is 2.79. The van der Waals surface area contributed by atoms with Gasteiger partial charge in [0.05, 0.1) is 19.4 Å². The zero-order chi connectivity index (χ0) is 13.4. The fraction of sp³-hybridized carbons (Fsp3) is 0.308. The molecule has 0 radical (unpaired) electrons. The molecule has 0 atom stereocenters. The summed E-state index contributed by atoms with van der Waals surface area (Å²) in [4.78, 5) is 0. The van der Waals surface area contributed by atoms with Crippen molar-refractivity contribution < 1.29 is 14.2 Å². The van der Waals surface area contributed by atoms with E-state index in [0.29, 0.717) is 12.4 Å². The van der Waals surface area contributed by atoms with E-state index in [-0.39, 0.29) is 6.79 Å². The Morgan fingerprint density at radius 3 is 2.89 bits per heavy atom. The molecule has 2 heterocycles. The number of methoxy groups -OCH3 is 1. The molecule has 1 aliphatic heterocycles. The van der Waals surface area contributed by atoms with Crippen LogP contribution in [0.5, 0.6) is 11.5 Å². The smallest absolute Gasteiger partial charge is 0.189 e. The topological polar surface area (TPSA) is 71.5 Å². The summed E-state index contributed by atoms with van der Waals surface area (Å²) in [6.45, 7) is 0.791. The SMILES string of the molecule is COc1cc2c(cc1-c1cc(N)n(C)n1)OCOC2. The maximum Gasteiger partial charge on any atom is 0.189 e. The van der Waals surface area contributed by atoms with Gasteiger partial charge in [0.2, 0.25) is 0 Å². The Balaban J connectivity index is 2.13. The van der Waals surface area contributed by atoms with E-state index in [1.807, 2.05) is 18.2 Å². The van der Waals surface area contributed by atoms with Gasteiger partial charge in [-0.25, -0.2) is 0 Å². The highest BCUT2D eigenvalue weighted by Gasteiger charge is 2.18. The number of rotatable bonds is 2. The predicted molar refractivity (Wildman–Crippen MR) is 69.9 cm³/mol. The Bertz CT molecular complexity index is 602. The van der Waals surface area contributed by atoms with Crippen molar-refractivity contribution in [3.8, 4) is 22.8 Å². The van der Waals surface area contributed by atoms with Gasteiger partial charge in [0.15, 0.2) is 6.79 Å². The molecule has 0 bridgehead atoms. The Morgan fingerprint density at radius 1 is 1.37 bits per heavy atom. The van der Waals surface area contributed by atoms with Crippen LogP contribution in [0.4, 0.5) is 5.82 Å². The normalized spacial score (nSPS) is 13.8. The van der Waals surface area contributed by atoms with Gasteiger partial charge in [-0.3, -0.25) is 4.68 Å². The highest BCUT2D eigenvalue weighted by atomic mass is 16.7. The van der Waals surface area contributed by atoms with Crippen LogP contribution < -0.4 is 15.2 Å². The third-order valence-electron chi connectivity index (χ3n) is 3.13. The molecule has 0 spiro atoms. The number of nitrogens with zero attached hydrogens (tertiary/aromatic N) is 2. The van der Waals surface area contributed by atoms with Crippen LogP contribution in [-0.2, 0) is 18.4 Å². The van der Waals surface area contributed by atoms with Crippen molar-refractivity contribution in [1.29, 1.82) is 0 Å². The molecular weight excluding hydrogens is 246 g/mol. The minimum Gasteiger partial charge on any atom is -0.496 e. The first-order valence-corrected chi connectivity index (χ1v) is 5.90. The van der Waals surface area contributed by atoms with Crippen molar-refractivity contribution >= 4 is 5.82 Å². The number of fused-ring (bicyclic) bond motifs is 1. The number of hydrogen-bond donors (Lipinski definition) is 1. The van der Waals surface area contributed by atoms with Crippen LogP contribution in [0.25, 0.3) is 11.3 Å². The van der Waals surface area contributed by atoms with Crippen LogP contribution in [0.1, 0.15) is 5.56 Å². The van der Waals surface area contributed by atoms with Gasteiger partial charge < -0.3 is 19.9 Å². The minimum absolute atomic E-state index is 0.267. The number of ether oxygens (including phenoxy) is 3. The second kappa shape index (κ2) is 4.47. The number of hydrogen-bond acceptors (Lipinski definition) is 5. The average Bonchev–Trinajstić information content (AvgIpc) is 2.77. The molecule has 0 saturated carbocycles. The number of anilines is 1. The summed E-state index contributed by atoms with van der Waals surface area (Å²) < 4.78 is 17.8. The Morgan fingerprint density at radius 2 is 2.21 bits per heavy atom. The van der Waals surface area contributed by atoms with Crippen molar-refractivity contribution in [2.45, 2.75) is 6.61 Å². The number of aromatic nitrogens is 2. The number of benzene rings is 1. The van der Waals surface area contributed by atoms with Gasteiger partial charge in [-0.05, 0) is 12.1 Å². The standard InChI is InChI=1S/C13H15N3O3/c1-16-13(14)5-10(15-16)9-4-11-8(3-12(9)17-2)6-18-7-19-11/h3-5H,6-7,14H2,1-2H3. The van der Waals surface area contributed by atoms with E-state index in [0.717, 1.165) is 28.3 Å². The van der Waals surface area contributed by atoms with E-state index in [1.165, 1.54) is 0 Å². The van der Waals surface area contributed by atoms with Crippen LogP contribution >= 0.6 is 0 Å². The molecule has 1 aromatic carbocycles. The van der Waals surface area contributed by atoms with E-state index in [1.54, 1.807) is 18.8 Å². The van der Waals surface area contributed by atoms with Crippen molar-refractivity contribution in [2.24, 2.45) is 7.05 Å². The molecule has 6 heteroatoms. The summed E-state index contributed by atoms with van der Waals surface area (Å²) in [6, 6.07) is 5.64. The van der Waals surface area contributed by atoms with Crippen LogP contribution in [0.2, 0.25) is 0 Å². The summed E-state index contributed by atoms with van der Waals surface area (Å²) in [5.41, 5.74) is 8.40. The van der Waals surface area contributed by atoms with Crippen molar-refractivity contribution in [3.05, 3.63) is 23.8 Å². The monoisotopic (exact) mass is 261 g/mol. The molecule has 0 unspecified atom stereocenters. The molecule has 0 amide bonds. The zero-order valence-corrected chi connectivity index (χ0v) is 10.8. The quantitative estimate of drug-likeness (QED) is 0.888. The first kappa shape index (κ1) is 11.9. The lowest BCUT2D eigenvalue weighted by atomic mass is 10.1. The molecule has 6 nitrogen and oxygen atoms in total. The summed E-state index contributed by atoms with van der Waals surface area (Å²) in [7, 11) is 3.43. The van der Waals surface area contributed by atoms with E-state index < -0.39 is 0 Å². The van der Waals surface area contributed by atoms with Crippen LogP contribution in [-0.4, -0.2) is 23.7 Å². The van der Waals surface area contributed by atoms with Crippen molar-refractivity contribution in [3.63, 3.8) is 0 Å².